The van der Waals surface area contributed by atoms with E-state index in [4.69, 9.17) is 22.9 Å². The normalized spacial score (nSPS) is 24.4. The number of nitrogens with zero attached hydrogens (tertiary/aromatic N) is 6. The highest BCUT2D eigenvalue weighted by molar-refractivity contribution is 8.00. The van der Waals surface area contributed by atoms with Gasteiger partial charge in [0.1, 0.15) is 90.3 Å². The number of hydrogen-bond donors (Lipinski definition) is 21. The maximum atomic E-state index is 16.2. The molecule has 7 heterocycles. The molecule has 3 aliphatic heterocycles. The molecule has 4 aromatic carbocycles. The number of aliphatic hydroxyl groups excluding tert-OH is 1. The lowest BCUT2D eigenvalue weighted by atomic mass is 9.98. The molecule has 744 valence electrons. The van der Waals surface area contributed by atoms with Gasteiger partial charge < -0.3 is 136 Å². The summed E-state index contributed by atoms with van der Waals surface area (Å²) in [6.45, 7) is 0.662. The number of thioether (sulfide) groups is 1. The fourth-order valence-corrected chi connectivity index (χ4v) is 18.2. The van der Waals surface area contributed by atoms with E-state index in [1.54, 1.807) is 91.4 Å². The molecule has 11 rings (SSSR count). The summed E-state index contributed by atoms with van der Waals surface area (Å²) >= 11 is 0.744. The number of carboxylic acids is 1. The summed E-state index contributed by atoms with van der Waals surface area (Å²) in [5.74, 6) is -19.5. The number of carbonyl (C=O) groups is 18. The smallest absolute Gasteiger partial charge is 0.303 e. The lowest BCUT2D eigenvalue weighted by molar-refractivity contribution is -0.149. The zero-order valence-corrected chi connectivity index (χ0v) is 78.2. The number of H-pyrrole nitrogens is 4. The van der Waals surface area contributed by atoms with Crippen LogP contribution in [0.4, 0.5) is 0 Å². The molecule has 3 aliphatic rings. The molecule has 46 heteroatoms. The quantitative estimate of drug-likeness (QED) is 0.0279. The number of phenolic OH excluding ortho intramolecular Hbond substituents is 1. The highest BCUT2D eigenvalue weighted by Gasteiger charge is 2.47. The number of primary amides is 2. The van der Waals surface area contributed by atoms with Crippen molar-refractivity contribution in [2.75, 3.05) is 65.4 Å². The van der Waals surface area contributed by atoms with E-state index in [0.29, 0.717) is 67.8 Å². The number of para-hydroxylation sites is 3. The molecule has 25 N–H and O–H groups in total. The Morgan fingerprint density at radius 1 is 0.511 bits per heavy atom. The number of hydrogen-bond acceptors (Lipinski definition) is 24. The van der Waals surface area contributed by atoms with Crippen molar-refractivity contribution in [2.24, 2.45) is 22.9 Å². The van der Waals surface area contributed by atoms with Crippen LogP contribution in [0.15, 0.2) is 128 Å². The van der Waals surface area contributed by atoms with Crippen LogP contribution in [0.2, 0.25) is 0 Å². The van der Waals surface area contributed by atoms with Crippen molar-refractivity contribution < 1.29 is 102 Å². The van der Waals surface area contributed by atoms with Crippen molar-refractivity contribution in [1.82, 2.24) is 103 Å². The van der Waals surface area contributed by atoms with Gasteiger partial charge in [0, 0.05) is 149 Å². The number of aliphatic carboxylic acids is 1. The lowest BCUT2D eigenvalue weighted by Gasteiger charge is -2.36. The van der Waals surface area contributed by atoms with Gasteiger partial charge in [0.15, 0.2) is 0 Å². The first kappa shape index (κ1) is 105. The van der Waals surface area contributed by atoms with Gasteiger partial charge >= 0.3 is 5.97 Å². The predicted molar refractivity (Wildman–Crippen MR) is 506 cm³/mol. The summed E-state index contributed by atoms with van der Waals surface area (Å²) in [6, 6.07) is 3.86. The average molecular weight is 1940 g/mol. The molecule has 8 aromatic rings. The van der Waals surface area contributed by atoms with Gasteiger partial charge in [0.2, 0.25) is 100 Å². The highest BCUT2D eigenvalue weighted by atomic mass is 32.2. The number of benzene rings is 4. The summed E-state index contributed by atoms with van der Waals surface area (Å²) in [5.41, 5.74) is 27.6. The molecular formula is C93H120N24O21S. The number of aromatic amines is 4. The van der Waals surface area contributed by atoms with E-state index in [1.165, 1.54) is 64.9 Å². The minimum absolute atomic E-state index is 0.0542. The summed E-state index contributed by atoms with van der Waals surface area (Å²) in [5, 5.41) is 59.9. The van der Waals surface area contributed by atoms with Gasteiger partial charge in [0.25, 0.3) is 0 Å². The Balaban J connectivity index is 0.967. The minimum Gasteiger partial charge on any atom is -0.508 e. The van der Waals surface area contributed by atoms with Crippen molar-refractivity contribution in [3.05, 3.63) is 156 Å². The summed E-state index contributed by atoms with van der Waals surface area (Å²) in [7, 11) is 3.86. The third-order valence-corrected chi connectivity index (χ3v) is 26.1. The first-order valence-corrected chi connectivity index (χ1v) is 46.9. The van der Waals surface area contributed by atoms with E-state index in [9.17, 15) is 63.3 Å². The van der Waals surface area contributed by atoms with Crippen LogP contribution in [0.1, 0.15) is 106 Å². The van der Waals surface area contributed by atoms with Crippen LogP contribution in [-0.4, -0.2) is 327 Å². The number of rotatable bonds is 24. The molecule has 1 unspecified atom stereocenters. The second-order valence-electron chi connectivity index (χ2n) is 34.8. The zero-order chi connectivity index (χ0) is 101. The molecule has 3 saturated heterocycles. The van der Waals surface area contributed by atoms with E-state index in [-0.39, 0.29) is 75.9 Å². The van der Waals surface area contributed by atoms with Gasteiger partial charge in [-0.05, 0) is 98.2 Å². The van der Waals surface area contributed by atoms with E-state index in [2.05, 4.69) is 78.1 Å². The minimum atomic E-state index is -1.85. The van der Waals surface area contributed by atoms with Gasteiger partial charge in [-0.2, -0.15) is 0 Å². The van der Waals surface area contributed by atoms with Crippen molar-refractivity contribution in [3.63, 3.8) is 0 Å². The van der Waals surface area contributed by atoms with Gasteiger partial charge in [0.05, 0.1) is 36.8 Å². The number of aromatic nitrogens is 5. The Kier molecular flexibility index (Phi) is 36.7. The van der Waals surface area contributed by atoms with E-state index < -0.39 is 260 Å². The number of nitrogens with two attached hydrogens (primary N) is 4. The van der Waals surface area contributed by atoms with Gasteiger partial charge in [-0.15, -0.1) is 11.8 Å². The molecule has 139 heavy (non-hydrogen) atoms. The fourth-order valence-electron chi connectivity index (χ4n) is 17.3. The van der Waals surface area contributed by atoms with Crippen molar-refractivity contribution in [1.29, 1.82) is 0 Å². The average Bonchev–Trinajstić information content (AvgIpc) is 1.77. The van der Waals surface area contributed by atoms with E-state index >= 15 is 38.4 Å². The molecule has 0 aliphatic carbocycles. The van der Waals surface area contributed by atoms with Crippen LogP contribution in [0.5, 0.6) is 5.75 Å². The Bertz CT molecular complexity index is 5810. The molecule has 4 aromatic heterocycles. The first-order chi connectivity index (χ1) is 66.4. The van der Waals surface area contributed by atoms with Crippen LogP contribution < -0.4 is 76.1 Å². The molecule has 17 amide bonds. The summed E-state index contributed by atoms with van der Waals surface area (Å²) < 4.78 is 0. The highest BCUT2D eigenvalue weighted by Crippen LogP contribution is 2.29. The lowest BCUT2D eigenvalue weighted by Crippen LogP contribution is -2.62. The number of phenols is 1. The molecule has 45 nitrogen and oxygen atoms in total. The number of amides is 17. The van der Waals surface area contributed by atoms with E-state index in [0.717, 1.165) is 36.3 Å². The molecule has 0 saturated carbocycles. The summed E-state index contributed by atoms with van der Waals surface area (Å²) in [6.07, 6.45) is 2.12. The van der Waals surface area contributed by atoms with Gasteiger partial charge in [-0.1, -0.05) is 86.5 Å². The van der Waals surface area contributed by atoms with Crippen LogP contribution in [0.25, 0.3) is 32.7 Å². The molecular weight excluding hydrogens is 1820 g/mol. The number of aliphatic hydroxyl groups is 1. The number of carboxylic acid groups (broad SMARTS) is 1. The Morgan fingerprint density at radius 3 is 1.60 bits per heavy atom. The van der Waals surface area contributed by atoms with Gasteiger partial charge in [-0.3, -0.25) is 86.3 Å². The monoisotopic (exact) mass is 1940 g/mol. The van der Waals surface area contributed by atoms with Crippen LogP contribution in [0, 0.1) is 0 Å². The third-order valence-electron chi connectivity index (χ3n) is 25.0. The number of aromatic hydroxyl groups is 1. The van der Waals surface area contributed by atoms with Crippen molar-refractivity contribution >= 4 is 151 Å². The van der Waals surface area contributed by atoms with Crippen molar-refractivity contribution in [2.45, 2.75) is 201 Å². The van der Waals surface area contributed by atoms with E-state index in [1.807, 2.05) is 6.92 Å². The number of imidazole rings is 1. The molecule has 0 bridgehead atoms. The number of likely N-dealkylation sites (N-methyl/N-ethyl adjacent to an activating group) is 3. The Labute approximate surface area is 802 Å². The van der Waals surface area contributed by atoms with Crippen molar-refractivity contribution in [3.8, 4) is 5.75 Å². The summed E-state index contributed by atoms with van der Waals surface area (Å²) in [4.78, 5) is 286. The first-order valence-electron chi connectivity index (χ1n) is 45.7. The Hall–Kier alpha value is -14.8. The zero-order valence-electron chi connectivity index (χ0n) is 77.4. The second-order valence-corrected chi connectivity index (χ2v) is 35.9. The Morgan fingerprint density at radius 2 is 1.03 bits per heavy atom. The number of carbonyl (C=O) groups excluding carboxylic acids is 17. The van der Waals surface area contributed by atoms with Gasteiger partial charge in [-0.25, -0.2) is 4.98 Å². The molecule has 0 radical (unpaired) electrons. The molecule has 0 spiro atoms. The fraction of sp³-hybridized carbons (Fsp3) is 0.452. The third kappa shape index (κ3) is 27.4. The standard InChI is InChI=1S/C93H120N24O21S/c1-6-7-21-72-86(131)111-70(39-95)85(130)112-71(81(126)102-44-77(97)121)46-139-47-78(122)104-67(32-50-23-25-55(118)26-24-50)89(134)113(3)49(2)80(125)109-69(38-76(96)120)92(137)116-31-14-22-73(116)87(132)108-66(36-54-43-98-48-103-54)84(129)106-64(27-28-79(123)124)91(136)117-45-56(119)37-74(117)88(133)107-65(33-51-40-99-60-18-11-8-15-57(51)60)83(128)105-63(29-30-94)82(127)110-68(34-52-41-100-61-19-12-9-16-58(52)61)90(135)115(5)75(93(138)114(72)4)35-53-42-101-62-20-13-10-17-59(53)62/h8-13,15-20,23-26,40-43,48-49,56,63-75,99-101,118-119H,6-7,14,21-22,27-39,44-47,94-95H2,1-5H3,(H2,96,120)(H2,97,121)(H,98,103)(H,102,126)(H,104,122)(H,105,128)(H,106,129)(H,107,133)(H,108,132)(H,109,125)(H,110,127)(H,111,131)(H,112,130)(H,123,124)/t49-,56+,63-,64-,65-,66-,67?,68-,69-,70-,71-,72-,73-,74-,75-/m0/s1. The maximum Gasteiger partial charge on any atom is 0.303 e. The predicted octanol–water partition coefficient (Wildman–Crippen LogP) is -3.52. The van der Waals surface area contributed by atoms with Crippen LogP contribution >= 0.6 is 11.8 Å². The largest absolute Gasteiger partial charge is 0.508 e. The SMILES string of the molecule is CCCC[C@H]1C(=O)N[C@@H](CN)C(=O)N[C@H](C(=O)NCC(N)=O)CSCC(=O)NC(Cc2ccc(O)cc2)C(=O)N(C)[C@@H](C)C(=O)N[C@@H](CC(N)=O)C(=O)N2CCC[C@H]2C(=O)N[C@@H](Cc2c[nH]cn2)C(=O)N[C@@H](CCC(=O)O)C(=O)N2C[C@H](O)C[C@H]2C(=O)N[C@@H](Cc2c[nH]c3ccccc23)C(=O)N[C@@H](CCN)C(=O)N[C@@H](Cc2c[nH]c3ccccc23)C(=O)N(C)[C@@H](Cc2c[nH]c3ccccc23)C(=O)N1C. The van der Waals surface area contributed by atoms with Crippen LogP contribution in [-0.2, 0) is 118 Å². The second kappa shape index (κ2) is 48.8. The number of unbranched alkanes of at least 4 members (excludes halogenated alkanes) is 1. The number of fused-ring (bicyclic) bond motifs is 5. The maximum absolute atomic E-state index is 16.2. The molecule has 3 fully saturated rings. The van der Waals surface area contributed by atoms with Crippen LogP contribution in [0.3, 0.4) is 0 Å². The number of nitrogens with one attached hydrogen (secondary N) is 14. The molecule has 15 atom stereocenters. The topological polar surface area (TPSA) is 685 Å².